The van der Waals surface area contributed by atoms with Crippen LogP contribution in [-0.4, -0.2) is 42.8 Å². The SMILES string of the molecule is CCN(Cc1ccccc1)S(=O)(=O)c1ccc(C(=O)N=c2sc3cc(Cl)ccc3n2CC(=O)OC)cc1. The number of esters is 1. The van der Waals surface area contributed by atoms with E-state index in [1.54, 1.807) is 29.7 Å². The van der Waals surface area contributed by atoms with Gasteiger partial charge in [-0.2, -0.15) is 9.30 Å². The molecular weight excluding hydrogens is 534 g/mol. The second-order valence-corrected chi connectivity index (χ2v) is 11.4. The van der Waals surface area contributed by atoms with Gasteiger partial charge in [0.2, 0.25) is 10.0 Å². The van der Waals surface area contributed by atoms with Gasteiger partial charge in [-0.25, -0.2) is 8.42 Å². The number of hydrogen-bond acceptors (Lipinski definition) is 6. The molecule has 4 rings (SSSR count). The van der Waals surface area contributed by atoms with Crippen molar-refractivity contribution in [2.75, 3.05) is 13.7 Å². The molecule has 8 nitrogen and oxygen atoms in total. The minimum atomic E-state index is -3.77. The first-order valence-electron chi connectivity index (χ1n) is 11.3. The van der Waals surface area contributed by atoms with Crippen molar-refractivity contribution in [3.63, 3.8) is 0 Å². The van der Waals surface area contributed by atoms with E-state index in [0.717, 1.165) is 10.3 Å². The fourth-order valence-electron chi connectivity index (χ4n) is 3.70. The van der Waals surface area contributed by atoms with Crippen molar-refractivity contribution in [1.82, 2.24) is 8.87 Å². The van der Waals surface area contributed by atoms with Crippen LogP contribution in [0.25, 0.3) is 10.2 Å². The van der Waals surface area contributed by atoms with Crippen LogP contribution in [0.15, 0.2) is 82.7 Å². The number of amides is 1. The first-order valence-corrected chi connectivity index (χ1v) is 13.9. The quantitative estimate of drug-likeness (QED) is 0.297. The van der Waals surface area contributed by atoms with Crippen molar-refractivity contribution in [3.8, 4) is 0 Å². The number of hydrogen-bond donors (Lipinski definition) is 0. The summed E-state index contributed by atoms with van der Waals surface area (Å²) in [7, 11) is -2.49. The molecule has 0 saturated heterocycles. The molecule has 192 valence electrons. The Kier molecular flexibility index (Phi) is 8.23. The normalized spacial score (nSPS) is 12.3. The summed E-state index contributed by atoms with van der Waals surface area (Å²) in [6.07, 6.45) is 0. The molecule has 0 N–H and O–H groups in total. The van der Waals surface area contributed by atoms with Gasteiger partial charge in [0.05, 0.1) is 22.2 Å². The van der Waals surface area contributed by atoms with Gasteiger partial charge in [0.25, 0.3) is 5.91 Å². The molecule has 0 unspecified atom stereocenters. The van der Waals surface area contributed by atoms with Crippen LogP contribution in [0.3, 0.4) is 0 Å². The highest BCUT2D eigenvalue weighted by Gasteiger charge is 2.23. The van der Waals surface area contributed by atoms with E-state index in [0.29, 0.717) is 21.9 Å². The predicted octanol–water partition coefficient (Wildman–Crippen LogP) is 4.48. The van der Waals surface area contributed by atoms with E-state index in [4.69, 9.17) is 16.3 Å². The minimum Gasteiger partial charge on any atom is -0.468 e. The molecule has 0 aliphatic heterocycles. The van der Waals surface area contributed by atoms with Gasteiger partial charge in [-0.05, 0) is 48.0 Å². The molecule has 0 bridgehead atoms. The number of halogens is 1. The number of rotatable bonds is 8. The lowest BCUT2D eigenvalue weighted by molar-refractivity contribution is -0.141. The number of aromatic nitrogens is 1. The van der Waals surface area contributed by atoms with Crippen molar-refractivity contribution >= 4 is 55.1 Å². The highest BCUT2D eigenvalue weighted by atomic mass is 35.5. The van der Waals surface area contributed by atoms with E-state index in [2.05, 4.69) is 4.99 Å². The first-order chi connectivity index (χ1) is 17.7. The van der Waals surface area contributed by atoms with Crippen LogP contribution in [0.1, 0.15) is 22.8 Å². The van der Waals surface area contributed by atoms with Crippen molar-refractivity contribution in [3.05, 3.63) is 93.7 Å². The van der Waals surface area contributed by atoms with Crippen molar-refractivity contribution in [2.24, 2.45) is 4.99 Å². The summed E-state index contributed by atoms with van der Waals surface area (Å²) in [4.78, 5) is 29.5. The van der Waals surface area contributed by atoms with Gasteiger partial charge in [-0.3, -0.25) is 9.59 Å². The Morgan fingerprint density at radius 2 is 1.76 bits per heavy atom. The second kappa shape index (κ2) is 11.4. The van der Waals surface area contributed by atoms with E-state index < -0.39 is 21.9 Å². The Morgan fingerprint density at radius 3 is 2.41 bits per heavy atom. The zero-order chi connectivity index (χ0) is 26.6. The van der Waals surface area contributed by atoms with Gasteiger partial charge in [-0.15, -0.1) is 0 Å². The van der Waals surface area contributed by atoms with Crippen LogP contribution >= 0.6 is 22.9 Å². The molecular formula is C26H24ClN3O5S2. The van der Waals surface area contributed by atoms with Gasteiger partial charge in [0.1, 0.15) is 6.54 Å². The Balaban J connectivity index is 1.64. The number of methoxy groups -OCH3 is 1. The fourth-order valence-corrected chi connectivity index (χ4v) is 6.44. The van der Waals surface area contributed by atoms with Crippen molar-refractivity contribution in [1.29, 1.82) is 0 Å². The standard InChI is InChI=1S/C26H24ClN3O5S2/c1-3-29(16-18-7-5-4-6-8-18)37(33,34)21-12-9-19(10-13-21)25(32)28-26-30(17-24(31)35-2)22-14-11-20(27)15-23(22)36-26/h4-15H,3,16-17H2,1-2H3. The fraction of sp³-hybridized carbons (Fsp3) is 0.192. The Hall–Kier alpha value is -3.31. The predicted molar refractivity (Wildman–Crippen MR) is 143 cm³/mol. The van der Waals surface area contributed by atoms with Gasteiger partial charge < -0.3 is 9.30 Å². The van der Waals surface area contributed by atoms with Gasteiger partial charge in [0, 0.05) is 23.7 Å². The maximum atomic E-state index is 13.2. The molecule has 0 fully saturated rings. The number of sulfonamides is 1. The molecule has 0 atom stereocenters. The van der Waals surface area contributed by atoms with E-state index in [9.17, 15) is 18.0 Å². The van der Waals surface area contributed by atoms with Crippen LogP contribution in [0.2, 0.25) is 5.02 Å². The third-order valence-corrected chi connectivity index (χ3v) is 8.86. The lowest BCUT2D eigenvalue weighted by atomic mass is 10.2. The minimum absolute atomic E-state index is 0.0825. The lowest BCUT2D eigenvalue weighted by Gasteiger charge is -2.20. The highest BCUT2D eigenvalue weighted by molar-refractivity contribution is 7.89. The number of benzene rings is 3. The molecule has 3 aromatic carbocycles. The zero-order valence-corrected chi connectivity index (χ0v) is 22.5. The summed E-state index contributed by atoms with van der Waals surface area (Å²) in [5.41, 5.74) is 1.78. The number of ether oxygens (including phenoxy) is 1. The van der Waals surface area contributed by atoms with Crippen molar-refractivity contribution in [2.45, 2.75) is 24.9 Å². The molecule has 1 heterocycles. The number of nitrogens with zero attached hydrogens (tertiary/aromatic N) is 3. The monoisotopic (exact) mass is 557 g/mol. The zero-order valence-electron chi connectivity index (χ0n) is 20.1. The Labute approximate surface area is 223 Å². The molecule has 0 radical (unpaired) electrons. The van der Waals surface area contributed by atoms with E-state index >= 15 is 0 Å². The molecule has 0 spiro atoms. The van der Waals surface area contributed by atoms with Crippen LogP contribution in [0.4, 0.5) is 0 Å². The number of fused-ring (bicyclic) bond motifs is 1. The van der Waals surface area contributed by atoms with E-state index in [1.807, 2.05) is 30.3 Å². The van der Waals surface area contributed by atoms with Gasteiger partial charge in [-0.1, -0.05) is 60.2 Å². The summed E-state index contributed by atoms with van der Waals surface area (Å²) in [6.45, 7) is 2.18. The summed E-state index contributed by atoms with van der Waals surface area (Å²) >= 11 is 7.31. The molecule has 0 saturated carbocycles. The summed E-state index contributed by atoms with van der Waals surface area (Å²) in [5.74, 6) is -1.06. The molecule has 0 aliphatic carbocycles. The first kappa shape index (κ1) is 26.7. The maximum Gasteiger partial charge on any atom is 0.325 e. The molecule has 0 aliphatic rings. The summed E-state index contributed by atoms with van der Waals surface area (Å²) in [6, 6.07) is 20.2. The number of carbonyl (C=O) groups is 2. The summed E-state index contributed by atoms with van der Waals surface area (Å²) < 4.78 is 34.9. The average molecular weight is 558 g/mol. The van der Waals surface area contributed by atoms with Crippen LogP contribution in [0, 0.1) is 0 Å². The Morgan fingerprint density at radius 1 is 1.05 bits per heavy atom. The molecule has 37 heavy (non-hydrogen) atoms. The van der Waals surface area contributed by atoms with Crippen LogP contribution < -0.4 is 4.80 Å². The summed E-state index contributed by atoms with van der Waals surface area (Å²) in [5, 5.41) is 0.516. The van der Waals surface area contributed by atoms with Crippen LogP contribution in [0.5, 0.6) is 0 Å². The Bertz CT molecular complexity index is 1610. The maximum absolute atomic E-state index is 13.2. The topological polar surface area (TPSA) is 98.0 Å². The van der Waals surface area contributed by atoms with E-state index in [-0.39, 0.29) is 23.5 Å². The van der Waals surface area contributed by atoms with E-state index in [1.165, 1.54) is 47.0 Å². The third kappa shape index (κ3) is 5.99. The molecule has 1 aromatic heterocycles. The highest BCUT2D eigenvalue weighted by Crippen LogP contribution is 2.23. The molecule has 11 heteroatoms. The van der Waals surface area contributed by atoms with Gasteiger partial charge >= 0.3 is 5.97 Å². The van der Waals surface area contributed by atoms with Crippen LogP contribution in [-0.2, 0) is 32.6 Å². The largest absolute Gasteiger partial charge is 0.468 e. The van der Waals surface area contributed by atoms with Crippen molar-refractivity contribution < 1.29 is 22.7 Å². The lowest BCUT2D eigenvalue weighted by Crippen LogP contribution is -2.30. The molecule has 1 amide bonds. The second-order valence-electron chi connectivity index (χ2n) is 8.02. The number of thiazole rings is 1. The smallest absolute Gasteiger partial charge is 0.325 e. The van der Waals surface area contributed by atoms with Gasteiger partial charge in [0.15, 0.2) is 4.80 Å². The number of carbonyl (C=O) groups excluding carboxylic acids is 2. The molecule has 4 aromatic rings. The average Bonchev–Trinajstić information content (AvgIpc) is 3.22. The third-order valence-electron chi connectivity index (χ3n) is 5.65.